The number of rotatable bonds is 11. The summed E-state index contributed by atoms with van der Waals surface area (Å²) in [6, 6.07) is -1.66. The molecule has 0 aliphatic rings. The zero-order valence-electron chi connectivity index (χ0n) is 12.7. The number of primary amides is 1. The summed E-state index contributed by atoms with van der Waals surface area (Å²) >= 11 is 0. The number of hydrogen-bond acceptors (Lipinski definition) is 4. The van der Waals surface area contributed by atoms with E-state index >= 15 is 0 Å². The smallest absolute Gasteiger partial charge is 0.326 e. The molecule has 0 aromatic rings. The van der Waals surface area contributed by atoms with E-state index < -0.39 is 23.9 Å². The average Bonchev–Trinajstić information content (AvgIpc) is 2.43. The van der Waals surface area contributed by atoms with Crippen LogP contribution in [0, 0.1) is 0 Å². The first-order chi connectivity index (χ1) is 9.90. The number of carbonyl (C=O) groups is 3. The molecule has 0 aromatic heterocycles. The van der Waals surface area contributed by atoms with Crippen molar-refractivity contribution in [3.8, 4) is 0 Å². The minimum atomic E-state index is -1.19. The Kier molecular flexibility index (Phi) is 9.95. The zero-order chi connectivity index (χ0) is 16.3. The molecule has 21 heavy (non-hydrogen) atoms. The largest absolute Gasteiger partial charge is 0.480 e. The summed E-state index contributed by atoms with van der Waals surface area (Å²) in [6.45, 7) is 7.38. The quantitative estimate of drug-likeness (QED) is 0.391. The van der Waals surface area contributed by atoms with Crippen LogP contribution in [0.1, 0.15) is 33.1 Å². The van der Waals surface area contributed by atoms with E-state index in [9.17, 15) is 14.4 Å². The van der Waals surface area contributed by atoms with E-state index in [2.05, 4.69) is 29.4 Å². The van der Waals surface area contributed by atoms with E-state index in [0.717, 1.165) is 26.1 Å². The van der Waals surface area contributed by atoms with E-state index in [-0.39, 0.29) is 12.8 Å². The number of nitrogens with one attached hydrogen (secondary N) is 2. The summed E-state index contributed by atoms with van der Waals surface area (Å²) in [4.78, 5) is 35.4. The van der Waals surface area contributed by atoms with Crippen LogP contribution in [0.3, 0.4) is 0 Å². The number of nitrogens with two attached hydrogens (primary N) is 1. The van der Waals surface area contributed by atoms with Gasteiger partial charge in [-0.15, -0.1) is 0 Å². The normalized spacial score (nSPS) is 12.0. The molecule has 3 amide bonds. The minimum Gasteiger partial charge on any atom is -0.480 e. The molecule has 0 radical (unpaired) electrons. The first-order valence-electron chi connectivity index (χ1n) is 7.18. The maximum absolute atomic E-state index is 11.6. The molecular formula is C13H26N4O4. The third-order valence-electron chi connectivity index (χ3n) is 3.11. The molecule has 0 aromatic carbocycles. The molecule has 122 valence electrons. The van der Waals surface area contributed by atoms with E-state index in [1.165, 1.54) is 0 Å². The summed E-state index contributed by atoms with van der Waals surface area (Å²) in [7, 11) is 0. The Labute approximate surface area is 125 Å². The Morgan fingerprint density at radius 2 is 1.86 bits per heavy atom. The van der Waals surface area contributed by atoms with Crippen molar-refractivity contribution in [2.45, 2.75) is 39.2 Å². The SMILES string of the molecule is CCN(CC)CCCNC(=O)N[C@H](CCC(N)=O)C(=O)O. The number of amides is 3. The lowest BCUT2D eigenvalue weighted by atomic mass is 10.1. The van der Waals surface area contributed by atoms with E-state index in [4.69, 9.17) is 10.8 Å². The highest BCUT2D eigenvalue weighted by atomic mass is 16.4. The number of carboxylic acid groups (broad SMARTS) is 1. The van der Waals surface area contributed by atoms with Crippen LogP contribution >= 0.6 is 0 Å². The Hall–Kier alpha value is -1.83. The van der Waals surface area contributed by atoms with Crippen molar-refractivity contribution in [3.05, 3.63) is 0 Å². The molecule has 8 nitrogen and oxygen atoms in total. The van der Waals surface area contributed by atoms with Crippen LogP contribution < -0.4 is 16.4 Å². The van der Waals surface area contributed by atoms with Gasteiger partial charge in [0.05, 0.1) is 0 Å². The maximum Gasteiger partial charge on any atom is 0.326 e. The Morgan fingerprint density at radius 3 is 2.33 bits per heavy atom. The van der Waals surface area contributed by atoms with Crippen LogP contribution in [0.2, 0.25) is 0 Å². The van der Waals surface area contributed by atoms with Crippen molar-refractivity contribution in [2.75, 3.05) is 26.2 Å². The third kappa shape index (κ3) is 9.67. The molecule has 5 N–H and O–H groups in total. The molecule has 0 rings (SSSR count). The second kappa shape index (κ2) is 10.9. The van der Waals surface area contributed by atoms with E-state index in [1.54, 1.807) is 0 Å². The molecule has 0 heterocycles. The zero-order valence-corrected chi connectivity index (χ0v) is 12.7. The first kappa shape index (κ1) is 19.2. The maximum atomic E-state index is 11.6. The molecule has 0 unspecified atom stereocenters. The summed E-state index contributed by atoms with van der Waals surface area (Å²) < 4.78 is 0. The second-order valence-electron chi connectivity index (χ2n) is 4.68. The number of carbonyl (C=O) groups excluding carboxylic acids is 2. The minimum absolute atomic E-state index is 0.0163. The van der Waals surface area contributed by atoms with Crippen LogP contribution in [0.5, 0.6) is 0 Å². The lowest BCUT2D eigenvalue weighted by molar-refractivity contribution is -0.139. The van der Waals surface area contributed by atoms with Gasteiger partial charge in [-0.1, -0.05) is 13.8 Å². The summed E-state index contributed by atoms with van der Waals surface area (Å²) in [5, 5.41) is 13.9. The lowest BCUT2D eigenvalue weighted by Crippen LogP contribution is -2.46. The standard InChI is InChI=1S/C13H26N4O4/c1-3-17(4-2)9-5-8-15-13(21)16-10(12(19)20)6-7-11(14)18/h10H,3-9H2,1-2H3,(H2,14,18)(H,19,20)(H2,15,16,21)/t10-/m1/s1. The fourth-order valence-electron chi connectivity index (χ4n) is 1.80. The molecular weight excluding hydrogens is 276 g/mol. The van der Waals surface area contributed by atoms with Gasteiger partial charge in [-0.2, -0.15) is 0 Å². The van der Waals surface area contributed by atoms with Crippen LogP contribution in [0.25, 0.3) is 0 Å². The lowest BCUT2D eigenvalue weighted by Gasteiger charge is -2.18. The van der Waals surface area contributed by atoms with E-state index in [0.29, 0.717) is 6.54 Å². The molecule has 0 saturated carbocycles. The van der Waals surface area contributed by atoms with Crippen molar-refractivity contribution >= 4 is 17.9 Å². The summed E-state index contributed by atoms with van der Waals surface area (Å²) in [5.74, 6) is -1.78. The van der Waals surface area contributed by atoms with Crippen molar-refractivity contribution in [2.24, 2.45) is 5.73 Å². The van der Waals surface area contributed by atoms with Gasteiger partial charge >= 0.3 is 12.0 Å². The second-order valence-corrected chi connectivity index (χ2v) is 4.68. The van der Waals surface area contributed by atoms with Gasteiger partial charge in [0, 0.05) is 13.0 Å². The molecule has 0 aliphatic heterocycles. The van der Waals surface area contributed by atoms with Gasteiger partial charge in [-0.3, -0.25) is 4.79 Å². The molecule has 0 saturated heterocycles. The predicted molar refractivity (Wildman–Crippen MR) is 78.8 cm³/mol. The number of urea groups is 1. The fraction of sp³-hybridized carbons (Fsp3) is 0.769. The molecule has 0 aliphatic carbocycles. The Bertz CT molecular complexity index is 345. The highest BCUT2D eigenvalue weighted by Gasteiger charge is 2.20. The summed E-state index contributed by atoms with van der Waals surface area (Å²) in [6.07, 6.45) is 0.685. The molecule has 0 fully saturated rings. The van der Waals surface area contributed by atoms with Crippen molar-refractivity contribution in [1.82, 2.24) is 15.5 Å². The third-order valence-corrected chi connectivity index (χ3v) is 3.11. The highest BCUT2D eigenvalue weighted by molar-refractivity contribution is 5.83. The Morgan fingerprint density at radius 1 is 1.24 bits per heavy atom. The van der Waals surface area contributed by atoms with Gasteiger partial charge in [-0.05, 0) is 32.5 Å². The van der Waals surface area contributed by atoms with Crippen LogP contribution in [-0.2, 0) is 9.59 Å². The monoisotopic (exact) mass is 302 g/mol. The van der Waals surface area contributed by atoms with Crippen molar-refractivity contribution < 1.29 is 19.5 Å². The first-order valence-corrected chi connectivity index (χ1v) is 7.18. The van der Waals surface area contributed by atoms with Crippen molar-refractivity contribution in [1.29, 1.82) is 0 Å². The number of aliphatic carboxylic acids is 1. The van der Waals surface area contributed by atoms with Crippen molar-refractivity contribution in [3.63, 3.8) is 0 Å². The molecule has 0 spiro atoms. The van der Waals surface area contributed by atoms with Crippen LogP contribution in [0.15, 0.2) is 0 Å². The number of hydrogen-bond donors (Lipinski definition) is 4. The number of nitrogens with zero attached hydrogens (tertiary/aromatic N) is 1. The van der Waals surface area contributed by atoms with Crippen LogP contribution in [-0.4, -0.2) is 60.1 Å². The number of carboxylic acids is 1. The predicted octanol–water partition coefficient (Wildman–Crippen LogP) is -0.264. The topological polar surface area (TPSA) is 125 Å². The Balaban J connectivity index is 3.98. The van der Waals surface area contributed by atoms with Gasteiger partial charge in [-0.25, -0.2) is 9.59 Å². The van der Waals surface area contributed by atoms with E-state index in [1.807, 2.05) is 0 Å². The van der Waals surface area contributed by atoms with Gasteiger partial charge in [0.25, 0.3) is 0 Å². The van der Waals surface area contributed by atoms with Gasteiger partial charge in [0.1, 0.15) is 6.04 Å². The van der Waals surface area contributed by atoms with Gasteiger partial charge < -0.3 is 26.4 Å². The van der Waals surface area contributed by atoms with Gasteiger partial charge in [0.2, 0.25) is 5.91 Å². The van der Waals surface area contributed by atoms with Crippen LogP contribution in [0.4, 0.5) is 4.79 Å². The van der Waals surface area contributed by atoms with Gasteiger partial charge in [0.15, 0.2) is 0 Å². The highest BCUT2D eigenvalue weighted by Crippen LogP contribution is 1.97. The fourth-order valence-corrected chi connectivity index (χ4v) is 1.80. The average molecular weight is 302 g/mol. The molecule has 8 heteroatoms. The molecule has 1 atom stereocenters. The molecule has 0 bridgehead atoms. The summed E-state index contributed by atoms with van der Waals surface area (Å²) in [5.41, 5.74) is 4.96.